The fraction of sp³-hybridized carbons (Fsp3) is 0.867. The quantitative estimate of drug-likeness (QED) is 0.865. The molecule has 2 heterocycles. The number of urea groups is 1. The maximum atomic E-state index is 12.5. The predicted molar refractivity (Wildman–Crippen MR) is 76.6 cm³/mol. The average Bonchev–Trinajstić information content (AvgIpc) is 2.80. The second kappa shape index (κ2) is 6.95. The van der Waals surface area contributed by atoms with Gasteiger partial charge in [-0.15, -0.1) is 0 Å². The summed E-state index contributed by atoms with van der Waals surface area (Å²) in [6.45, 7) is 4.36. The Morgan fingerprint density at radius 3 is 2.55 bits per heavy atom. The van der Waals surface area contributed by atoms with E-state index in [9.17, 15) is 14.7 Å². The van der Waals surface area contributed by atoms with Gasteiger partial charge in [0.25, 0.3) is 0 Å². The Hall–Kier alpha value is -1.26. The number of aliphatic carboxylic acids is 1. The lowest BCUT2D eigenvalue weighted by Gasteiger charge is -2.29. The molecule has 2 amide bonds. The van der Waals surface area contributed by atoms with Crippen molar-refractivity contribution in [2.45, 2.75) is 57.9 Å². The van der Waals surface area contributed by atoms with Crippen molar-refractivity contribution in [3.05, 3.63) is 0 Å². The van der Waals surface area contributed by atoms with Crippen molar-refractivity contribution >= 4 is 12.0 Å². The molecule has 2 fully saturated rings. The lowest BCUT2D eigenvalue weighted by molar-refractivity contribution is -0.141. The molecular weight excluding hydrogens is 256 g/mol. The van der Waals surface area contributed by atoms with Crippen molar-refractivity contribution in [1.82, 2.24) is 9.80 Å². The van der Waals surface area contributed by atoms with Crippen LogP contribution in [0.15, 0.2) is 0 Å². The van der Waals surface area contributed by atoms with E-state index in [-0.39, 0.29) is 6.03 Å². The van der Waals surface area contributed by atoms with E-state index >= 15 is 0 Å². The third kappa shape index (κ3) is 3.44. The first-order valence-corrected chi connectivity index (χ1v) is 7.91. The largest absolute Gasteiger partial charge is 0.480 e. The summed E-state index contributed by atoms with van der Waals surface area (Å²) >= 11 is 0. The molecule has 5 nitrogen and oxygen atoms in total. The molecule has 2 atom stereocenters. The van der Waals surface area contributed by atoms with E-state index in [2.05, 4.69) is 6.92 Å². The number of hydrogen-bond acceptors (Lipinski definition) is 2. The zero-order chi connectivity index (χ0) is 14.5. The highest BCUT2D eigenvalue weighted by molar-refractivity contribution is 5.83. The third-order valence-electron chi connectivity index (χ3n) is 4.60. The van der Waals surface area contributed by atoms with Crippen LogP contribution in [0.25, 0.3) is 0 Å². The number of carboxylic acid groups (broad SMARTS) is 1. The Morgan fingerprint density at radius 1 is 1.10 bits per heavy atom. The zero-order valence-electron chi connectivity index (χ0n) is 12.4. The molecule has 1 N–H and O–H groups in total. The molecule has 0 aliphatic carbocycles. The summed E-state index contributed by atoms with van der Waals surface area (Å²) < 4.78 is 0. The van der Waals surface area contributed by atoms with Gasteiger partial charge in [-0.2, -0.15) is 0 Å². The van der Waals surface area contributed by atoms with E-state index in [0.29, 0.717) is 13.0 Å². The summed E-state index contributed by atoms with van der Waals surface area (Å²) in [6.07, 6.45) is 7.13. The molecule has 0 saturated carbocycles. The number of amides is 2. The Kier molecular flexibility index (Phi) is 5.26. The van der Waals surface area contributed by atoms with Crippen LogP contribution in [0.1, 0.15) is 51.9 Å². The number of carbonyl (C=O) groups excluding carboxylic acids is 1. The minimum Gasteiger partial charge on any atom is -0.480 e. The molecule has 2 saturated heterocycles. The molecule has 2 unspecified atom stereocenters. The van der Waals surface area contributed by atoms with E-state index in [1.54, 1.807) is 4.90 Å². The monoisotopic (exact) mass is 282 g/mol. The minimum absolute atomic E-state index is 0.0629. The smallest absolute Gasteiger partial charge is 0.326 e. The average molecular weight is 282 g/mol. The number of carboxylic acids is 1. The van der Waals surface area contributed by atoms with E-state index in [1.807, 2.05) is 4.90 Å². The van der Waals surface area contributed by atoms with Crippen molar-refractivity contribution in [3.8, 4) is 0 Å². The summed E-state index contributed by atoms with van der Waals surface area (Å²) in [5, 5.41) is 9.19. The highest BCUT2D eigenvalue weighted by Gasteiger charge is 2.36. The topological polar surface area (TPSA) is 60.9 Å². The molecular formula is C15H26N2O3. The highest BCUT2D eigenvalue weighted by atomic mass is 16.4. The van der Waals surface area contributed by atoms with E-state index in [4.69, 9.17) is 0 Å². The van der Waals surface area contributed by atoms with Crippen LogP contribution in [0, 0.1) is 5.92 Å². The molecule has 0 radical (unpaired) electrons. The molecule has 0 spiro atoms. The van der Waals surface area contributed by atoms with Gasteiger partial charge in [-0.05, 0) is 38.0 Å². The second-order valence-electron chi connectivity index (χ2n) is 6.04. The molecule has 2 aliphatic heterocycles. The van der Waals surface area contributed by atoms with E-state index in [1.165, 1.54) is 19.3 Å². The number of hydrogen-bond donors (Lipinski definition) is 1. The van der Waals surface area contributed by atoms with Crippen molar-refractivity contribution < 1.29 is 14.7 Å². The van der Waals surface area contributed by atoms with Crippen molar-refractivity contribution in [2.75, 3.05) is 19.6 Å². The molecule has 0 aromatic rings. The fourth-order valence-corrected chi connectivity index (χ4v) is 3.49. The van der Waals surface area contributed by atoms with Gasteiger partial charge in [0, 0.05) is 19.6 Å². The standard InChI is InChI=1S/C15H26N2O3/c1-2-5-12-6-3-9-16(11-8-12)15(20)17-10-4-7-13(17)14(18)19/h12-13H,2-11H2,1H3,(H,18,19). The Labute approximate surface area is 120 Å². The van der Waals surface area contributed by atoms with E-state index in [0.717, 1.165) is 38.3 Å². The van der Waals surface area contributed by atoms with Crippen LogP contribution in [0.3, 0.4) is 0 Å². The maximum absolute atomic E-state index is 12.5. The first-order valence-electron chi connectivity index (χ1n) is 7.91. The first-order chi connectivity index (χ1) is 9.63. The predicted octanol–water partition coefficient (Wildman–Crippen LogP) is 2.56. The Balaban J connectivity index is 1.93. The molecule has 5 heteroatoms. The Morgan fingerprint density at radius 2 is 1.85 bits per heavy atom. The minimum atomic E-state index is -0.866. The van der Waals surface area contributed by atoms with Crippen LogP contribution < -0.4 is 0 Å². The fourth-order valence-electron chi connectivity index (χ4n) is 3.49. The van der Waals surface area contributed by atoms with Gasteiger partial charge in [-0.1, -0.05) is 19.8 Å². The van der Waals surface area contributed by atoms with Crippen LogP contribution >= 0.6 is 0 Å². The lowest BCUT2D eigenvalue weighted by Crippen LogP contribution is -2.48. The summed E-state index contributed by atoms with van der Waals surface area (Å²) in [5.41, 5.74) is 0. The van der Waals surface area contributed by atoms with Crippen LogP contribution in [-0.2, 0) is 4.79 Å². The van der Waals surface area contributed by atoms with Gasteiger partial charge in [0.15, 0.2) is 0 Å². The van der Waals surface area contributed by atoms with Gasteiger partial charge >= 0.3 is 12.0 Å². The number of nitrogens with zero attached hydrogens (tertiary/aromatic N) is 2. The summed E-state index contributed by atoms with van der Waals surface area (Å²) in [4.78, 5) is 27.1. The van der Waals surface area contributed by atoms with Crippen LogP contribution in [-0.4, -0.2) is 52.6 Å². The van der Waals surface area contributed by atoms with Gasteiger partial charge in [0.05, 0.1) is 0 Å². The Bertz CT molecular complexity index is 359. The van der Waals surface area contributed by atoms with Gasteiger partial charge < -0.3 is 14.9 Å². The number of carbonyl (C=O) groups is 2. The molecule has 20 heavy (non-hydrogen) atoms. The molecule has 2 rings (SSSR count). The van der Waals surface area contributed by atoms with Crippen LogP contribution in [0.5, 0.6) is 0 Å². The summed E-state index contributed by atoms with van der Waals surface area (Å²) in [5.74, 6) is -0.138. The molecule has 0 aromatic carbocycles. The second-order valence-corrected chi connectivity index (χ2v) is 6.04. The first kappa shape index (κ1) is 15.1. The number of rotatable bonds is 3. The van der Waals surface area contributed by atoms with Gasteiger partial charge in [-0.3, -0.25) is 0 Å². The molecule has 0 bridgehead atoms. The van der Waals surface area contributed by atoms with Crippen LogP contribution in [0.2, 0.25) is 0 Å². The summed E-state index contributed by atoms with van der Waals surface area (Å²) in [7, 11) is 0. The molecule has 2 aliphatic rings. The molecule has 114 valence electrons. The van der Waals surface area contributed by atoms with Crippen molar-refractivity contribution in [1.29, 1.82) is 0 Å². The van der Waals surface area contributed by atoms with Crippen LogP contribution in [0.4, 0.5) is 4.79 Å². The third-order valence-corrected chi connectivity index (χ3v) is 4.60. The summed E-state index contributed by atoms with van der Waals surface area (Å²) in [6, 6.07) is -0.677. The van der Waals surface area contributed by atoms with Gasteiger partial charge in [-0.25, -0.2) is 9.59 Å². The normalized spacial score (nSPS) is 27.4. The zero-order valence-corrected chi connectivity index (χ0v) is 12.4. The van der Waals surface area contributed by atoms with Gasteiger partial charge in [0.2, 0.25) is 0 Å². The van der Waals surface area contributed by atoms with Crippen molar-refractivity contribution in [2.24, 2.45) is 5.92 Å². The number of likely N-dealkylation sites (tertiary alicyclic amines) is 2. The lowest BCUT2D eigenvalue weighted by atomic mass is 9.96. The SMILES string of the molecule is CCCC1CCCN(C(=O)N2CCCC2C(=O)O)CC1. The highest BCUT2D eigenvalue weighted by Crippen LogP contribution is 2.25. The van der Waals surface area contributed by atoms with Crippen molar-refractivity contribution in [3.63, 3.8) is 0 Å². The van der Waals surface area contributed by atoms with E-state index < -0.39 is 12.0 Å². The molecule has 0 aromatic heterocycles. The van der Waals surface area contributed by atoms with Gasteiger partial charge in [0.1, 0.15) is 6.04 Å². The maximum Gasteiger partial charge on any atom is 0.326 e.